The highest BCUT2D eigenvalue weighted by molar-refractivity contribution is 5.01. The zero-order valence-electron chi connectivity index (χ0n) is 8.90. The predicted octanol–water partition coefficient (Wildman–Crippen LogP) is -0.171. The predicted molar refractivity (Wildman–Crippen MR) is 54.5 cm³/mol. The van der Waals surface area contributed by atoms with E-state index in [1.54, 1.807) is 11.8 Å². The van der Waals surface area contributed by atoms with Crippen molar-refractivity contribution in [3.63, 3.8) is 0 Å². The fourth-order valence-electron chi connectivity index (χ4n) is 1.32. The summed E-state index contributed by atoms with van der Waals surface area (Å²) in [5.41, 5.74) is 3.75. The molecule has 0 fully saturated rings. The first-order valence-corrected chi connectivity index (χ1v) is 4.64. The zero-order chi connectivity index (χ0) is 10.6. The number of ether oxygens (including phenoxy) is 1. The van der Waals surface area contributed by atoms with Gasteiger partial charge in [0.05, 0.1) is 17.8 Å². The molecular weight excluding hydrogens is 180 g/mol. The SMILES string of the molecule is COC(C)C(Cc1ccn(C)n1)NN. The van der Waals surface area contributed by atoms with E-state index in [4.69, 9.17) is 10.6 Å². The number of hydrazine groups is 1. The van der Waals surface area contributed by atoms with Gasteiger partial charge in [-0.25, -0.2) is 0 Å². The molecule has 0 aliphatic carbocycles. The van der Waals surface area contributed by atoms with E-state index in [9.17, 15) is 0 Å². The Bertz CT molecular complexity index is 274. The van der Waals surface area contributed by atoms with Crippen LogP contribution in [0.15, 0.2) is 12.3 Å². The van der Waals surface area contributed by atoms with Crippen LogP contribution in [0.25, 0.3) is 0 Å². The van der Waals surface area contributed by atoms with E-state index < -0.39 is 0 Å². The number of hydrogen-bond acceptors (Lipinski definition) is 4. The lowest BCUT2D eigenvalue weighted by atomic mass is 10.1. The molecule has 0 amide bonds. The third kappa shape index (κ3) is 2.80. The van der Waals surface area contributed by atoms with Crippen LogP contribution < -0.4 is 11.3 Å². The van der Waals surface area contributed by atoms with Crippen molar-refractivity contribution in [1.82, 2.24) is 15.2 Å². The van der Waals surface area contributed by atoms with Crippen molar-refractivity contribution in [3.8, 4) is 0 Å². The highest BCUT2D eigenvalue weighted by Gasteiger charge is 2.16. The lowest BCUT2D eigenvalue weighted by Crippen LogP contribution is -2.45. The van der Waals surface area contributed by atoms with Gasteiger partial charge in [0.2, 0.25) is 0 Å². The van der Waals surface area contributed by atoms with Gasteiger partial charge in [-0.3, -0.25) is 16.0 Å². The maximum Gasteiger partial charge on any atom is 0.0713 e. The van der Waals surface area contributed by atoms with Gasteiger partial charge < -0.3 is 4.74 Å². The van der Waals surface area contributed by atoms with Gasteiger partial charge in [0.1, 0.15) is 0 Å². The quantitative estimate of drug-likeness (QED) is 0.509. The molecule has 14 heavy (non-hydrogen) atoms. The van der Waals surface area contributed by atoms with Crippen LogP contribution in [-0.4, -0.2) is 29.0 Å². The van der Waals surface area contributed by atoms with E-state index in [-0.39, 0.29) is 12.1 Å². The number of aromatic nitrogens is 2. The summed E-state index contributed by atoms with van der Waals surface area (Å²) in [6, 6.07) is 2.07. The van der Waals surface area contributed by atoms with Crippen LogP contribution in [0, 0.1) is 0 Å². The Kier molecular flexibility index (Phi) is 4.06. The molecule has 0 spiro atoms. The van der Waals surface area contributed by atoms with Gasteiger partial charge in [0, 0.05) is 26.8 Å². The maximum atomic E-state index is 5.44. The Morgan fingerprint density at radius 3 is 2.86 bits per heavy atom. The summed E-state index contributed by atoms with van der Waals surface area (Å²) in [6.07, 6.45) is 2.76. The van der Waals surface area contributed by atoms with Crippen LogP contribution in [0.5, 0.6) is 0 Å². The number of nitrogens with two attached hydrogens (primary N) is 1. The van der Waals surface area contributed by atoms with Gasteiger partial charge in [-0.15, -0.1) is 0 Å². The minimum absolute atomic E-state index is 0.0713. The molecule has 0 aliphatic rings. The van der Waals surface area contributed by atoms with Gasteiger partial charge in [0.15, 0.2) is 0 Å². The first kappa shape index (κ1) is 11.2. The minimum atomic E-state index is 0.0713. The van der Waals surface area contributed by atoms with Gasteiger partial charge >= 0.3 is 0 Å². The summed E-state index contributed by atoms with van der Waals surface area (Å²) >= 11 is 0. The summed E-state index contributed by atoms with van der Waals surface area (Å²) in [6.45, 7) is 1.98. The summed E-state index contributed by atoms with van der Waals surface area (Å²) in [5, 5.41) is 4.28. The summed E-state index contributed by atoms with van der Waals surface area (Å²) in [7, 11) is 3.57. The molecule has 3 N–H and O–H groups in total. The highest BCUT2D eigenvalue weighted by atomic mass is 16.5. The van der Waals surface area contributed by atoms with Crippen molar-refractivity contribution in [3.05, 3.63) is 18.0 Å². The zero-order valence-corrected chi connectivity index (χ0v) is 8.90. The molecular formula is C9H18N4O. The molecule has 0 radical (unpaired) electrons. The standard InChI is InChI=1S/C9H18N4O/c1-7(14-3)9(11-10)6-8-4-5-13(2)12-8/h4-5,7,9,11H,6,10H2,1-3H3. The molecule has 0 saturated heterocycles. The van der Waals surface area contributed by atoms with Crippen molar-refractivity contribution in [2.45, 2.75) is 25.5 Å². The molecule has 1 heterocycles. The Labute approximate surface area is 84.2 Å². The topological polar surface area (TPSA) is 65.1 Å². The second kappa shape index (κ2) is 5.09. The molecule has 80 valence electrons. The second-order valence-corrected chi connectivity index (χ2v) is 3.40. The van der Waals surface area contributed by atoms with E-state index >= 15 is 0 Å². The fraction of sp³-hybridized carbons (Fsp3) is 0.667. The molecule has 1 aromatic rings. The van der Waals surface area contributed by atoms with Gasteiger partial charge in [0.25, 0.3) is 0 Å². The summed E-state index contributed by atoms with van der Waals surface area (Å²) in [5.74, 6) is 5.44. The van der Waals surface area contributed by atoms with Crippen LogP contribution in [0.1, 0.15) is 12.6 Å². The van der Waals surface area contributed by atoms with Crippen LogP contribution in [0.3, 0.4) is 0 Å². The molecule has 5 heteroatoms. The van der Waals surface area contributed by atoms with E-state index in [1.807, 2.05) is 26.2 Å². The van der Waals surface area contributed by atoms with E-state index in [0.717, 1.165) is 12.1 Å². The molecule has 2 unspecified atom stereocenters. The second-order valence-electron chi connectivity index (χ2n) is 3.40. The smallest absolute Gasteiger partial charge is 0.0713 e. The first-order valence-electron chi connectivity index (χ1n) is 4.64. The average Bonchev–Trinajstić information content (AvgIpc) is 2.59. The van der Waals surface area contributed by atoms with Crippen LogP contribution in [0.4, 0.5) is 0 Å². The van der Waals surface area contributed by atoms with Gasteiger partial charge in [-0.2, -0.15) is 5.10 Å². The Morgan fingerprint density at radius 1 is 1.71 bits per heavy atom. The van der Waals surface area contributed by atoms with Crippen LogP contribution in [0.2, 0.25) is 0 Å². The minimum Gasteiger partial charge on any atom is -0.380 e. The number of aryl methyl sites for hydroxylation is 1. The molecule has 0 aromatic carbocycles. The van der Waals surface area contributed by atoms with Crippen molar-refractivity contribution < 1.29 is 4.74 Å². The number of nitrogens with one attached hydrogen (secondary N) is 1. The lowest BCUT2D eigenvalue weighted by molar-refractivity contribution is 0.0828. The van der Waals surface area contributed by atoms with Crippen LogP contribution in [-0.2, 0) is 18.2 Å². The third-order valence-electron chi connectivity index (χ3n) is 2.35. The number of hydrogen-bond donors (Lipinski definition) is 2. The molecule has 1 rings (SSSR count). The van der Waals surface area contributed by atoms with Crippen LogP contribution >= 0.6 is 0 Å². The average molecular weight is 198 g/mol. The molecule has 0 aliphatic heterocycles. The lowest BCUT2D eigenvalue weighted by Gasteiger charge is -2.20. The molecule has 0 bridgehead atoms. The van der Waals surface area contributed by atoms with Crippen molar-refractivity contribution in [2.75, 3.05) is 7.11 Å². The van der Waals surface area contributed by atoms with Crippen molar-refractivity contribution >= 4 is 0 Å². The Balaban J connectivity index is 2.56. The Hall–Kier alpha value is -0.910. The normalized spacial score (nSPS) is 15.4. The number of methoxy groups -OCH3 is 1. The monoisotopic (exact) mass is 198 g/mol. The van der Waals surface area contributed by atoms with E-state index in [2.05, 4.69) is 10.5 Å². The maximum absolute atomic E-state index is 5.44. The van der Waals surface area contributed by atoms with Crippen molar-refractivity contribution in [1.29, 1.82) is 0 Å². The Morgan fingerprint density at radius 2 is 2.43 bits per heavy atom. The largest absolute Gasteiger partial charge is 0.380 e. The van der Waals surface area contributed by atoms with Gasteiger partial charge in [-0.1, -0.05) is 0 Å². The number of rotatable bonds is 5. The van der Waals surface area contributed by atoms with Crippen molar-refractivity contribution in [2.24, 2.45) is 12.9 Å². The molecule has 0 saturated carbocycles. The molecule has 1 aromatic heterocycles. The highest BCUT2D eigenvalue weighted by Crippen LogP contribution is 2.04. The molecule has 2 atom stereocenters. The van der Waals surface area contributed by atoms with E-state index in [0.29, 0.717) is 0 Å². The first-order chi connectivity index (χ1) is 6.67. The number of nitrogens with zero attached hydrogens (tertiary/aromatic N) is 2. The third-order valence-corrected chi connectivity index (χ3v) is 2.35. The van der Waals surface area contributed by atoms with E-state index in [1.165, 1.54) is 0 Å². The summed E-state index contributed by atoms with van der Waals surface area (Å²) < 4.78 is 6.98. The fourth-order valence-corrected chi connectivity index (χ4v) is 1.32. The summed E-state index contributed by atoms with van der Waals surface area (Å²) in [4.78, 5) is 0. The molecule has 5 nitrogen and oxygen atoms in total. The van der Waals surface area contributed by atoms with Gasteiger partial charge in [-0.05, 0) is 13.0 Å².